The van der Waals surface area contributed by atoms with Crippen LogP contribution >= 0.6 is 0 Å². The van der Waals surface area contributed by atoms with Crippen LogP contribution < -0.4 is 11.3 Å². The molecule has 3 N–H and O–H groups in total. The van der Waals surface area contributed by atoms with Crippen molar-refractivity contribution in [1.29, 1.82) is 0 Å². The van der Waals surface area contributed by atoms with Crippen LogP contribution in [0.25, 0.3) is 0 Å². The van der Waals surface area contributed by atoms with E-state index in [2.05, 4.69) is 45.3 Å². The van der Waals surface area contributed by atoms with Gasteiger partial charge in [-0.25, -0.2) is 0 Å². The molecule has 2 rings (SSSR count). The molecule has 3 nitrogen and oxygen atoms in total. The largest absolute Gasteiger partial charge is 0.376 e. The van der Waals surface area contributed by atoms with Gasteiger partial charge in [0.25, 0.3) is 0 Å². The zero-order chi connectivity index (χ0) is 14.0. The average molecular weight is 262 g/mol. The number of hydrogen-bond acceptors (Lipinski definition) is 3. The van der Waals surface area contributed by atoms with Crippen LogP contribution in [0.4, 0.5) is 0 Å². The molecule has 3 heteroatoms. The van der Waals surface area contributed by atoms with E-state index in [4.69, 9.17) is 10.6 Å². The number of rotatable bonds is 6. The highest BCUT2D eigenvalue weighted by molar-refractivity contribution is 5.38. The molecule has 0 amide bonds. The topological polar surface area (TPSA) is 47.3 Å². The maximum atomic E-state index is 5.96. The number of aryl methyl sites for hydroxylation is 3. The van der Waals surface area contributed by atoms with Gasteiger partial charge < -0.3 is 4.74 Å². The summed E-state index contributed by atoms with van der Waals surface area (Å²) in [4.78, 5) is 0. The lowest BCUT2D eigenvalue weighted by atomic mass is 9.91. The van der Waals surface area contributed by atoms with Crippen LogP contribution in [-0.2, 0) is 4.74 Å². The van der Waals surface area contributed by atoms with Crippen molar-refractivity contribution in [2.24, 2.45) is 11.8 Å². The van der Waals surface area contributed by atoms with Crippen molar-refractivity contribution >= 4 is 0 Å². The molecule has 1 aromatic carbocycles. The Morgan fingerprint density at radius 1 is 1.21 bits per heavy atom. The van der Waals surface area contributed by atoms with E-state index in [1.165, 1.54) is 35.1 Å². The first kappa shape index (κ1) is 14.5. The van der Waals surface area contributed by atoms with E-state index in [0.29, 0.717) is 5.92 Å². The Bertz CT molecular complexity index is 441. The van der Waals surface area contributed by atoms with Crippen LogP contribution in [0.3, 0.4) is 0 Å². The van der Waals surface area contributed by atoms with Crippen LogP contribution in [-0.4, -0.2) is 12.7 Å². The van der Waals surface area contributed by atoms with Gasteiger partial charge in [-0.1, -0.05) is 12.1 Å². The summed E-state index contributed by atoms with van der Waals surface area (Å²) >= 11 is 0. The van der Waals surface area contributed by atoms with E-state index in [1.807, 2.05) is 0 Å². The summed E-state index contributed by atoms with van der Waals surface area (Å²) in [6, 6.07) is 4.58. The lowest BCUT2D eigenvalue weighted by Crippen LogP contribution is -2.39. The number of nitrogens with one attached hydrogen (secondary N) is 1. The van der Waals surface area contributed by atoms with Crippen LogP contribution in [0, 0.1) is 26.7 Å². The third-order valence-electron chi connectivity index (χ3n) is 4.17. The highest BCUT2D eigenvalue weighted by Crippen LogP contribution is 2.40. The predicted octanol–water partition coefficient (Wildman–Crippen LogP) is 2.93. The Hall–Kier alpha value is -0.900. The Labute approximate surface area is 116 Å². The number of ether oxygens (including phenoxy) is 1. The third kappa shape index (κ3) is 3.16. The first-order valence-electron chi connectivity index (χ1n) is 7.24. The lowest BCUT2D eigenvalue weighted by molar-refractivity contribution is 0.0184. The monoisotopic (exact) mass is 262 g/mol. The average Bonchev–Trinajstić information content (AvgIpc) is 3.19. The number of benzene rings is 1. The highest BCUT2D eigenvalue weighted by atomic mass is 16.5. The van der Waals surface area contributed by atoms with Gasteiger partial charge in [-0.15, -0.1) is 0 Å². The molecule has 1 fully saturated rings. The van der Waals surface area contributed by atoms with Gasteiger partial charge >= 0.3 is 0 Å². The molecule has 0 radical (unpaired) electrons. The molecular formula is C16H26N2O. The van der Waals surface area contributed by atoms with Gasteiger partial charge in [0.1, 0.15) is 0 Å². The van der Waals surface area contributed by atoms with Crippen molar-refractivity contribution in [3.63, 3.8) is 0 Å². The zero-order valence-electron chi connectivity index (χ0n) is 12.5. The molecule has 1 aromatic rings. The van der Waals surface area contributed by atoms with Gasteiger partial charge in [0.15, 0.2) is 0 Å². The predicted molar refractivity (Wildman–Crippen MR) is 78.9 cm³/mol. The molecule has 106 valence electrons. The Morgan fingerprint density at radius 2 is 1.84 bits per heavy atom. The second-order valence-electron chi connectivity index (χ2n) is 5.69. The van der Waals surface area contributed by atoms with E-state index in [1.54, 1.807) is 0 Å². The van der Waals surface area contributed by atoms with Gasteiger partial charge in [-0.05, 0) is 68.7 Å². The second-order valence-corrected chi connectivity index (χ2v) is 5.69. The number of nitrogens with two attached hydrogens (primary N) is 1. The summed E-state index contributed by atoms with van der Waals surface area (Å²) in [7, 11) is 0. The summed E-state index contributed by atoms with van der Waals surface area (Å²) in [6.07, 6.45) is 2.70. The van der Waals surface area contributed by atoms with Crippen molar-refractivity contribution in [3.8, 4) is 0 Å². The maximum absolute atomic E-state index is 5.96. The van der Waals surface area contributed by atoms with E-state index in [9.17, 15) is 0 Å². The second kappa shape index (κ2) is 6.04. The molecule has 0 saturated heterocycles. The number of hydrogen-bond donors (Lipinski definition) is 2. The van der Waals surface area contributed by atoms with Crippen LogP contribution in [0.15, 0.2) is 12.1 Å². The highest BCUT2D eigenvalue weighted by Gasteiger charge is 2.38. The van der Waals surface area contributed by atoms with E-state index < -0.39 is 0 Å². The first-order chi connectivity index (χ1) is 9.08. The zero-order valence-corrected chi connectivity index (χ0v) is 12.5. The molecule has 0 bridgehead atoms. The summed E-state index contributed by atoms with van der Waals surface area (Å²) in [5.74, 6) is 6.48. The van der Waals surface area contributed by atoms with Gasteiger partial charge in [0, 0.05) is 6.61 Å². The van der Waals surface area contributed by atoms with Crippen molar-refractivity contribution in [1.82, 2.24) is 5.43 Å². The Balaban J connectivity index is 2.32. The molecule has 19 heavy (non-hydrogen) atoms. The Kier molecular flexibility index (Phi) is 4.61. The molecule has 1 saturated carbocycles. The molecule has 0 aliphatic heterocycles. The van der Waals surface area contributed by atoms with Crippen molar-refractivity contribution in [2.45, 2.75) is 52.7 Å². The minimum Gasteiger partial charge on any atom is -0.376 e. The van der Waals surface area contributed by atoms with E-state index in [-0.39, 0.29) is 12.1 Å². The molecule has 0 spiro atoms. The lowest BCUT2D eigenvalue weighted by Gasteiger charge is -2.28. The maximum Gasteiger partial charge on any atom is 0.0810 e. The van der Waals surface area contributed by atoms with E-state index >= 15 is 0 Å². The van der Waals surface area contributed by atoms with Crippen molar-refractivity contribution in [3.05, 3.63) is 34.4 Å². The summed E-state index contributed by atoms with van der Waals surface area (Å²) in [5, 5.41) is 0. The summed E-state index contributed by atoms with van der Waals surface area (Å²) < 4.78 is 5.96. The fraction of sp³-hybridized carbons (Fsp3) is 0.625. The minimum atomic E-state index is 0.0896. The number of hydrazine groups is 1. The van der Waals surface area contributed by atoms with Crippen LogP contribution in [0.1, 0.15) is 48.1 Å². The normalized spacial score (nSPS) is 18.4. The van der Waals surface area contributed by atoms with Gasteiger partial charge in [-0.3, -0.25) is 11.3 Å². The third-order valence-corrected chi connectivity index (χ3v) is 4.17. The van der Waals surface area contributed by atoms with Gasteiger partial charge in [0.2, 0.25) is 0 Å². The molecule has 0 aromatic heterocycles. The summed E-state index contributed by atoms with van der Waals surface area (Å²) in [5.41, 5.74) is 8.19. The quantitative estimate of drug-likeness (QED) is 0.612. The van der Waals surface area contributed by atoms with Crippen LogP contribution in [0.5, 0.6) is 0 Å². The molecule has 1 aliphatic carbocycles. The molecule has 2 atom stereocenters. The molecule has 0 heterocycles. The van der Waals surface area contributed by atoms with Crippen molar-refractivity contribution in [2.75, 3.05) is 6.61 Å². The van der Waals surface area contributed by atoms with Gasteiger partial charge in [-0.2, -0.15) is 0 Å². The fourth-order valence-corrected chi connectivity index (χ4v) is 2.80. The molecule has 2 unspecified atom stereocenters. The Morgan fingerprint density at radius 3 is 2.37 bits per heavy atom. The van der Waals surface area contributed by atoms with E-state index in [0.717, 1.165) is 6.61 Å². The van der Waals surface area contributed by atoms with Crippen molar-refractivity contribution < 1.29 is 4.74 Å². The smallest absolute Gasteiger partial charge is 0.0810 e. The fourth-order valence-electron chi connectivity index (χ4n) is 2.80. The SMILES string of the molecule is CCOC(C1CC1)C(NN)c1cc(C)c(C)cc1C. The minimum absolute atomic E-state index is 0.0896. The first-order valence-corrected chi connectivity index (χ1v) is 7.24. The molecule has 1 aliphatic rings. The molecular weight excluding hydrogens is 236 g/mol. The standard InChI is InChI=1S/C16H26N2O/c1-5-19-16(13-6-7-13)15(18-17)14-9-11(3)10(2)8-12(14)4/h8-9,13,15-16,18H,5-7,17H2,1-4H3. The van der Waals surface area contributed by atoms with Crippen LogP contribution in [0.2, 0.25) is 0 Å². The van der Waals surface area contributed by atoms with Gasteiger partial charge in [0.05, 0.1) is 12.1 Å². The summed E-state index contributed by atoms with van der Waals surface area (Å²) in [6.45, 7) is 9.25.